The molecule has 176 valence electrons. The van der Waals surface area contributed by atoms with Crippen LogP contribution in [0.5, 0.6) is 0 Å². The van der Waals surface area contributed by atoms with Crippen LogP contribution in [0.1, 0.15) is 51.8 Å². The van der Waals surface area contributed by atoms with E-state index in [1.54, 1.807) is 42.7 Å². The van der Waals surface area contributed by atoms with Gasteiger partial charge in [0.25, 0.3) is 0 Å². The number of carboxylic acid groups (broad SMARTS) is 1. The lowest BCUT2D eigenvalue weighted by Crippen LogP contribution is -2.23. The molecule has 0 aliphatic heterocycles. The minimum atomic E-state index is -1.36. The van der Waals surface area contributed by atoms with E-state index in [1.165, 1.54) is 14.2 Å². The third-order valence-electron chi connectivity index (χ3n) is 5.04. The molecule has 33 heavy (non-hydrogen) atoms. The van der Waals surface area contributed by atoms with Crippen LogP contribution in [-0.4, -0.2) is 45.9 Å². The van der Waals surface area contributed by atoms with Crippen molar-refractivity contribution in [3.63, 3.8) is 0 Å². The van der Waals surface area contributed by atoms with Crippen molar-refractivity contribution in [3.05, 3.63) is 76.9 Å². The van der Waals surface area contributed by atoms with E-state index in [2.05, 4.69) is 4.98 Å². The van der Waals surface area contributed by atoms with Gasteiger partial charge in [0, 0.05) is 13.7 Å². The van der Waals surface area contributed by atoms with E-state index in [0.717, 1.165) is 11.1 Å². The number of ether oxygens (including phenoxy) is 2. The predicted molar refractivity (Wildman–Crippen MR) is 125 cm³/mol. The normalized spacial score (nSPS) is 11.1. The van der Waals surface area contributed by atoms with Gasteiger partial charge in [-0.15, -0.1) is 12.4 Å². The average Bonchev–Trinajstić information content (AvgIpc) is 3.12. The van der Waals surface area contributed by atoms with Crippen molar-refractivity contribution < 1.29 is 29.3 Å². The van der Waals surface area contributed by atoms with Crippen LogP contribution in [0.25, 0.3) is 11.1 Å². The molecule has 0 bridgehead atoms. The molecular weight excluding hydrogens is 448 g/mol. The zero-order valence-electron chi connectivity index (χ0n) is 18.9. The summed E-state index contributed by atoms with van der Waals surface area (Å²) in [5.41, 5.74) is 1.47. The number of esters is 1. The summed E-state index contributed by atoms with van der Waals surface area (Å²) in [6.07, 6.45) is 0. The highest BCUT2D eigenvalue weighted by Crippen LogP contribution is 2.28. The third-order valence-corrected chi connectivity index (χ3v) is 5.04. The fourth-order valence-electron chi connectivity index (χ4n) is 3.53. The molecule has 0 saturated carbocycles. The molecule has 9 heteroatoms. The zero-order chi connectivity index (χ0) is 23.5. The number of halogens is 1. The number of carbonyl (C=O) groups excluding carboxylic acids is 1. The largest absolute Gasteiger partial charge is 0.478 e. The maximum absolute atomic E-state index is 12.6. The lowest BCUT2D eigenvalue weighted by Gasteiger charge is -2.17. The first-order valence-electron chi connectivity index (χ1n) is 9.98. The van der Waals surface area contributed by atoms with Gasteiger partial charge in [0.1, 0.15) is 23.7 Å². The van der Waals surface area contributed by atoms with E-state index in [0.29, 0.717) is 11.4 Å². The van der Waals surface area contributed by atoms with Gasteiger partial charge < -0.3 is 24.3 Å². The number of rotatable bonds is 8. The van der Waals surface area contributed by atoms with Gasteiger partial charge in [-0.3, -0.25) is 0 Å². The first-order valence-corrected chi connectivity index (χ1v) is 9.98. The second kappa shape index (κ2) is 10.6. The Bertz CT molecular complexity index is 1130. The summed E-state index contributed by atoms with van der Waals surface area (Å²) in [5.74, 6) is -1.12. The van der Waals surface area contributed by atoms with Gasteiger partial charge in [0.2, 0.25) is 0 Å². The number of nitrogens with zero attached hydrogens (tertiary/aromatic N) is 2. The monoisotopic (exact) mass is 474 g/mol. The van der Waals surface area contributed by atoms with Crippen molar-refractivity contribution in [2.24, 2.45) is 0 Å². The van der Waals surface area contributed by atoms with Crippen LogP contribution in [0.2, 0.25) is 0 Å². The van der Waals surface area contributed by atoms with Crippen molar-refractivity contribution in [1.82, 2.24) is 9.55 Å². The second-order valence-electron chi connectivity index (χ2n) is 7.84. The molecule has 8 nitrogen and oxygen atoms in total. The van der Waals surface area contributed by atoms with Crippen molar-refractivity contribution in [3.8, 4) is 11.1 Å². The highest BCUT2D eigenvalue weighted by atomic mass is 35.5. The van der Waals surface area contributed by atoms with Crippen molar-refractivity contribution >= 4 is 24.3 Å². The number of carboxylic acids is 1. The van der Waals surface area contributed by atoms with Crippen LogP contribution in [-0.2, 0) is 28.2 Å². The number of aromatic carboxylic acids is 1. The summed E-state index contributed by atoms with van der Waals surface area (Å²) < 4.78 is 11.9. The maximum atomic E-state index is 12.6. The average molecular weight is 475 g/mol. The van der Waals surface area contributed by atoms with Crippen LogP contribution < -0.4 is 0 Å². The number of hydrogen-bond donors (Lipinski definition) is 2. The summed E-state index contributed by atoms with van der Waals surface area (Å²) in [7, 11) is 2.80. The molecule has 0 spiro atoms. The molecule has 1 heterocycles. The Hall–Kier alpha value is -3.20. The maximum Gasteiger partial charge on any atom is 0.356 e. The highest BCUT2D eigenvalue weighted by molar-refractivity contribution is 5.96. The molecule has 0 fully saturated rings. The SMILES string of the molecule is COCc1nc(C(C)(C)O)c(C(=O)OC)n1Cc1ccc(-c2ccccc2C(=O)O)cc1.Cl. The topological polar surface area (TPSA) is 111 Å². The minimum Gasteiger partial charge on any atom is -0.478 e. The van der Waals surface area contributed by atoms with Crippen LogP contribution in [0.3, 0.4) is 0 Å². The lowest BCUT2D eigenvalue weighted by atomic mass is 9.98. The first-order chi connectivity index (χ1) is 15.2. The van der Waals surface area contributed by atoms with E-state index in [1.807, 2.05) is 24.3 Å². The van der Waals surface area contributed by atoms with E-state index < -0.39 is 17.5 Å². The van der Waals surface area contributed by atoms with Gasteiger partial charge >= 0.3 is 11.9 Å². The number of benzene rings is 2. The predicted octanol–water partition coefficient (Wildman–Crippen LogP) is 3.88. The van der Waals surface area contributed by atoms with Gasteiger partial charge in [-0.25, -0.2) is 14.6 Å². The minimum absolute atomic E-state index is 0. The smallest absolute Gasteiger partial charge is 0.356 e. The zero-order valence-corrected chi connectivity index (χ0v) is 19.7. The Labute approximate surface area is 198 Å². The first kappa shape index (κ1) is 26.1. The summed E-state index contributed by atoms with van der Waals surface area (Å²) in [6.45, 7) is 3.53. The van der Waals surface area contributed by atoms with Gasteiger partial charge in [0.15, 0.2) is 5.69 Å². The van der Waals surface area contributed by atoms with Gasteiger partial charge in [-0.1, -0.05) is 42.5 Å². The Morgan fingerprint density at radius 3 is 2.24 bits per heavy atom. The molecule has 0 unspecified atom stereocenters. The standard InChI is InChI=1S/C24H26N2O6.ClH/c1-24(2,30)21-20(23(29)32-4)26(19(25-21)14-31-3)13-15-9-11-16(12-10-15)17-7-5-6-8-18(17)22(27)28;/h5-12,30H,13-14H2,1-4H3,(H,27,28);1H. The summed E-state index contributed by atoms with van der Waals surface area (Å²) in [6, 6.07) is 14.2. The van der Waals surface area contributed by atoms with E-state index in [9.17, 15) is 19.8 Å². The molecule has 0 atom stereocenters. The number of carbonyl (C=O) groups is 2. The molecule has 0 saturated heterocycles. The van der Waals surface area contributed by atoms with E-state index in [-0.39, 0.29) is 42.5 Å². The number of hydrogen-bond acceptors (Lipinski definition) is 6. The molecule has 0 aliphatic rings. The highest BCUT2D eigenvalue weighted by Gasteiger charge is 2.32. The van der Waals surface area contributed by atoms with Crippen LogP contribution in [0, 0.1) is 0 Å². The molecule has 0 aliphatic carbocycles. The quantitative estimate of drug-likeness (QED) is 0.476. The van der Waals surface area contributed by atoms with Crippen LogP contribution in [0.4, 0.5) is 0 Å². The molecule has 0 radical (unpaired) electrons. The molecule has 0 amide bonds. The van der Waals surface area contributed by atoms with Gasteiger partial charge in [-0.2, -0.15) is 0 Å². The third kappa shape index (κ3) is 5.60. The second-order valence-corrected chi connectivity index (χ2v) is 7.84. The van der Waals surface area contributed by atoms with Crippen molar-refractivity contribution in [1.29, 1.82) is 0 Å². The summed E-state index contributed by atoms with van der Waals surface area (Å²) in [5, 5.41) is 20.0. The Morgan fingerprint density at radius 2 is 1.70 bits per heavy atom. The van der Waals surface area contributed by atoms with Gasteiger partial charge in [0.05, 0.1) is 12.7 Å². The molecule has 3 aromatic rings. The summed E-state index contributed by atoms with van der Waals surface area (Å²) in [4.78, 5) is 28.5. The number of methoxy groups -OCH3 is 2. The molecule has 1 aromatic heterocycles. The van der Waals surface area contributed by atoms with Crippen LogP contribution in [0.15, 0.2) is 48.5 Å². The number of imidazole rings is 1. The molecule has 2 N–H and O–H groups in total. The fraction of sp³-hybridized carbons (Fsp3) is 0.292. The van der Waals surface area contributed by atoms with E-state index in [4.69, 9.17) is 9.47 Å². The Kier molecular flexibility index (Phi) is 8.38. The lowest BCUT2D eigenvalue weighted by molar-refractivity contribution is 0.0532. The number of aromatic nitrogens is 2. The molecular formula is C24H27ClN2O6. The fourth-order valence-corrected chi connectivity index (χ4v) is 3.53. The van der Waals surface area contributed by atoms with Crippen LogP contribution >= 0.6 is 12.4 Å². The molecule has 2 aromatic carbocycles. The Balaban J connectivity index is 0.00000385. The molecule has 3 rings (SSSR count). The van der Waals surface area contributed by atoms with Crippen molar-refractivity contribution in [2.45, 2.75) is 32.6 Å². The van der Waals surface area contributed by atoms with Crippen molar-refractivity contribution in [2.75, 3.05) is 14.2 Å². The van der Waals surface area contributed by atoms with Gasteiger partial charge in [-0.05, 0) is 36.6 Å². The summed E-state index contributed by atoms with van der Waals surface area (Å²) >= 11 is 0. The number of aliphatic hydroxyl groups is 1. The van der Waals surface area contributed by atoms with E-state index >= 15 is 0 Å². The Morgan fingerprint density at radius 1 is 1.06 bits per heavy atom.